The zero-order chi connectivity index (χ0) is 17.1. The number of aromatic hydroxyl groups is 1. The maximum absolute atomic E-state index is 12.1. The van der Waals surface area contributed by atoms with Crippen molar-refractivity contribution in [3.05, 3.63) is 30.1 Å². The van der Waals surface area contributed by atoms with Crippen molar-refractivity contribution in [2.45, 2.75) is 38.1 Å². The third-order valence-electron chi connectivity index (χ3n) is 4.26. The fraction of sp³-hybridized carbons (Fsp3) is 0.353. The SMILES string of the molecule is O=C(Nc1ccc2c(O)c(C(=O)O)ncc2c1)NC1CCCCC1. The molecule has 0 saturated heterocycles. The summed E-state index contributed by atoms with van der Waals surface area (Å²) in [5, 5.41) is 25.6. The number of aromatic carboxylic acids is 1. The molecule has 1 heterocycles. The van der Waals surface area contributed by atoms with Gasteiger partial charge in [-0.2, -0.15) is 0 Å². The van der Waals surface area contributed by atoms with E-state index in [-0.39, 0.29) is 17.8 Å². The Morgan fingerprint density at radius 3 is 2.62 bits per heavy atom. The third kappa shape index (κ3) is 3.40. The summed E-state index contributed by atoms with van der Waals surface area (Å²) in [6.07, 6.45) is 6.86. The molecular weight excluding hydrogens is 310 g/mol. The first kappa shape index (κ1) is 16.0. The summed E-state index contributed by atoms with van der Waals surface area (Å²) >= 11 is 0. The van der Waals surface area contributed by atoms with Crippen LogP contribution in [-0.2, 0) is 0 Å². The number of nitrogens with one attached hydrogen (secondary N) is 2. The highest BCUT2D eigenvalue weighted by molar-refractivity contribution is 6.00. The first-order valence-electron chi connectivity index (χ1n) is 7.97. The van der Waals surface area contributed by atoms with Crippen LogP contribution in [0.5, 0.6) is 5.75 Å². The highest BCUT2D eigenvalue weighted by atomic mass is 16.4. The van der Waals surface area contributed by atoms with Crippen molar-refractivity contribution < 1.29 is 19.8 Å². The number of pyridine rings is 1. The van der Waals surface area contributed by atoms with E-state index in [2.05, 4.69) is 15.6 Å². The predicted octanol–water partition coefficient (Wildman–Crippen LogP) is 3.09. The molecule has 1 aliphatic rings. The average molecular weight is 329 g/mol. The third-order valence-corrected chi connectivity index (χ3v) is 4.26. The minimum Gasteiger partial charge on any atom is -0.505 e. The summed E-state index contributed by atoms with van der Waals surface area (Å²) in [6, 6.07) is 4.78. The van der Waals surface area contributed by atoms with Gasteiger partial charge >= 0.3 is 12.0 Å². The number of carboxylic acid groups (broad SMARTS) is 1. The Labute approximate surface area is 138 Å². The summed E-state index contributed by atoms with van der Waals surface area (Å²) in [6.45, 7) is 0. The molecule has 2 aromatic rings. The Balaban J connectivity index is 1.74. The molecule has 0 aliphatic heterocycles. The van der Waals surface area contributed by atoms with Crippen molar-refractivity contribution >= 4 is 28.5 Å². The number of nitrogens with zero attached hydrogens (tertiary/aromatic N) is 1. The lowest BCUT2D eigenvalue weighted by Gasteiger charge is -2.22. The van der Waals surface area contributed by atoms with Gasteiger partial charge in [0.2, 0.25) is 0 Å². The predicted molar refractivity (Wildman–Crippen MR) is 89.4 cm³/mol. The van der Waals surface area contributed by atoms with Gasteiger partial charge in [0, 0.05) is 28.7 Å². The lowest BCUT2D eigenvalue weighted by Crippen LogP contribution is -2.38. The zero-order valence-corrected chi connectivity index (χ0v) is 13.1. The van der Waals surface area contributed by atoms with Crippen molar-refractivity contribution in [1.82, 2.24) is 10.3 Å². The number of anilines is 1. The normalized spacial score (nSPS) is 15.2. The van der Waals surface area contributed by atoms with Crippen LogP contribution in [0.1, 0.15) is 42.6 Å². The second kappa shape index (κ2) is 6.74. The van der Waals surface area contributed by atoms with Crippen LogP contribution in [0.3, 0.4) is 0 Å². The Morgan fingerprint density at radius 2 is 1.92 bits per heavy atom. The molecule has 1 aliphatic carbocycles. The van der Waals surface area contributed by atoms with E-state index in [0.717, 1.165) is 25.7 Å². The Kier molecular flexibility index (Phi) is 4.50. The molecule has 126 valence electrons. The van der Waals surface area contributed by atoms with Crippen LogP contribution >= 0.6 is 0 Å². The number of carbonyl (C=O) groups is 2. The maximum atomic E-state index is 12.1. The van der Waals surface area contributed by atoms with Crippen molar-refractivity contribution in [2.75, 3.05) is 5.32 Å². The summed E-state index contributed by atoms with van der Waals surface area (Å²) in [5.74, 6) is -1.67. The summed E-state index contributed by atoms with van der Waals surface area (Å²) in [7, 11) is 0. The van der Waals surface area contributed by atoms with Crippen LogP contribution in [0.15, 0.2) is 24.4 Å². The van der Waals surface area contributed by atoms with Gasteiger partial charge in [-0.1, -0.05) is 19.3 Å². The standard InChI is InChI=1S/C17H19N3O4/c21-15-13-7-6-12(8-10(13)9-18-14(15)16(22)23)20-17(24)19-11-4-2-1-3-5-11/h6-9,11,21H,1-5H2,(H,22,23)(H2,19,20,24). The molecule has 0 atom stereocenters. The number of amides is 2. The molecular formula is C17H19N3O4. The molecule has 0 radical (unpaired) electrons. The lowest BCUT2D eigenvalue weighted by atomic mass is 9.96. The van der Waals surface area contributed by atoms with Crippen LogP contribution in [0.25, 0.3) is 10.8 Å². The van der Waals surface area contributed by atoms with E-state index in [1.165, 1.54) is 12.6 Å². The number of hydrogen-bond donors (Lipinski definition) is 4. The Hall–Kier alpha value is -2.83. The molecule has 0 bridgehead atoms. The minimum absolute atomic E-state index is 0.211. The number of carbonyl (C=O) groups excluding carboxylic acids is 1. The van der Waals surface area contributed by atoms with Crippen LogP contribution < -0.4 is 10.6 Å². The molecule has 7 heteroatoms. The number of carboxylic acids is 1. The van der Waals surface area contributed by atoms with Gasteiger partial charge in [-0.3, -0.25) is 0 Å². The maximum Gasteiger partial charge on any atom is 0.358 e. The van der Waals surface area contributed by atoms with Gasteiger partial charge in [0.05, 0.1) is 0 Å². The van der Waals surface area contributed by atoms with Crippen molar-refractivity contribution in [2.24, 2.45) is 0 Å². The second-order valence-electron chi connectivity index (χ2n) is 6.00. The lowest BCUT2D eigenvalue weighted by molar-refractivity contribution is 0.0687. The zero-order valence-electron chi connectivity index (χ0n) is 13.1. The molecule has 24 heavy (non-hydrogen) atoms. The van der Waals surface area contributed by atoms with Gasteiger partial charge in [-0.25, -0.2) is 14.6 Å². The highest BCUT2D eigenvalue weighted by Gasteiger charge is 2.17. The number of fused-ring (bicyclic) bond motifs is 1. The van der Waals surface area contributed by atoms with E-state index in [9.17, 15) is 14.7 Å². The van der Waals surface area contributed by atoms with Gasteiger partial charge in [0.1, 0.15) is 0 Å². The van der Waals surface area contributed by atoms with Crippen molar-refractivity contribution in [1.29, 1.82) is 0 Å². The Bertz CT molecular complexity index is 785. The molecule has 1 fully saturated rings. The molecule has 3 rings (SSSR count). The first-order valence-corrected chi connectivity index (χ1v) is 7.97. The van der Waals surface area contributed by atoms with Crippen molar-refractivity contribution in [3.63, 3.8) is 0 Å². The number of hydrogen-bond acceptors (Lipinski definition) is 4. The van der Waals surface area contributed by atoms with E-state index in [1.54, 1.807) is 18.2 Å². The average Bonchev–Trinajstić information content (AvgIpc) is 2.55. The van der Waals surface area contributed by atoms with Crippen LogP contribution in [0.4, 0.5) is 10.5 Å². The summed E-state index contributed by atoms with van der Waals surface area (Å²) < 4.78 is 0. The molecule has 2 amide bonds. The van der Waals surface area contributed by atoms with E-state index in [1.807, 2.05) is 0 Å². The number of rotatable bonds is 3. The second-order valence-corrected chi connectivity index (χ2v) is 6.00. The molecule has 1 saturated carbocycles. The number of aromatic nitrogens is 1. The molecule has 1 aromatic carbocycles. The van der Waals surface area contributed by atoms with Gasteiger partial charge in [-0.15, -0.1) is 0 Å². The van der Waals surface area contributed by atoms with Gasteiger partial charge in [0.25, 0.3) is 0 Å². The summed E-state index contributed by atoms with van der Waals surface area (Å²) in [4.78, 5) is 26.8. The molecule has 4 N–H and O–H groups in total. The number of benzene rings is 1. The van der Waals surface area contributed by atoms with Crippen LogP contribution in [0.2, 0.25) is 0 Å². The highest BCUT2D eigenvalue weighted by Crippen LogP contribution is 2.29. The molecule has 7 nitrogen and oxygen atoms in total. The van der Waals surface area contributed by atoms with Crippen molar-refractivity contribution in [3.8, 4) is 5.75 Å². The summed E-state index contributed by atoms with van der Waals surface area (Å²) in [5.41, 5.74) is 0.165. The van der Waals surface area contributed by atoms with Gasteiger partial charge < -0.3 is 20.8 Å². The monoisotopic (exact) mass is 329 g/mol. The fourth-order valence-corrected chi connectivity index (χ4v) is 3.04. The molecule has 0 unspecified atom stereocenters. The van der Waals surface area contributed by atoms with Crippen LogP contribution in [0, 0.1) is 0 Å². The van der Waals surface area contributed by atoms with E-state index in [0.29, 0.717) is 16.5 Å². The van der Waals surface area contributed by atoms with E-state index >= 15 is 0 Å². The topological polar surface area (TPSA) is 112 Å². The quantitative estimate of drug-likeness (QED) is 0.691. The number of urea groups is 1. The fourth-order valence-electron chi connectivity index (χ4n) is 3.04. The van der Waals surface area contributed by atoms with E-state index in [4.69, 9.17) is 5.11 Å². The minimum atomic E-state index is -1.29. The Morgan fingerprint density at radius 1 is 1.17 bits per heavy atom. The largest absolute Gasteiger partial charge is 0.505 e. The smallest absolute Gasteiger partial charge is 0.358 e. The van der Waals surface area contributed by atoms with Gasteiger partial charge in [0.15, 0.2) is 11.4 Å². The molecule has 0 spiro atoms. The van der Waals surface area contributed by atoms with Gasteiger partial charge in [-0.05, 0) is 31.0 Å². The molecule has 1 aromatic heterocycles. The van der Waals surface area contributed by atoms with Crippen LogP contribution in [-0.4, -0.2) is 33.2 Å². The van der Waals surface area contributed by atoms with E-state index < -0.39 is 11.7 Å². The first-order chi connectivity index (χ1) is 11.5.